The van der Waals surface area contributed by atoms with Crippen LogP contribution in [0.4, 0.5) is 0 Å². The van der Waals surface area contributed by atoms with Gasteiger partial charge >= 0.3 is 17.9 Å². The van der Waals surface area contributed by atoms with Crippen molar-refractivity contribution in [1.82, 2.24) is 0 Å². The number of ether oxygens (including phenoxy) is 3. The molecule has 1 atom stereocenters. The van der Waals surface area contributed by atoms with Gasteiger partial charge in [-0.25, -0.2) is 0 Å². The number of unbranched alkanes of at least 4 members (excludes halogenated alkanes) is 29. The van der Waals surface area contributed by atoms with Crippen LogP contribution >= 0.6 is 0 Å². The summed E-state index contributed by atoms with van der Waals surface area (Å²) in [5.41, 5.74) is 0. The number of carbonyl (C=O) groups is 3. The molecule has 6 heteroatoms. The first-order chi connectivity index (χ1) is 30.5. The van der Waals surface area contributed by atoms with Crippen LogP contribution in [-0.4, -0.2) is 37.2 Å². The van der Waals surface area contributed by atoms with Crippen molar-refractivity contribution in [3.05, 3.63) is 48.6 Å². The molecule has 0 aromatic carbocycles. The predicted octanol–water partition coefficient (Wildman–Crippen LogP) is 17.5. The van der Waals surface area contributed by atoms with E-state index in [1.54, 1.807) is 0 Å². The summed E-state index contributed by atoms with van der Waals surface area (Å²) in [6.45, 7) is 6.58. The fourth-order valence-corrected chi connectivity index (χ4v) is 7.46. The Morgan fingerprint density at radius 3 is 0.935 bits per heavy atom. The third-order valence-electron chi connectivity index (χ3n) is 11.5. The molecular formula is C56H100O6. The lowest BCUT2D eigenvalue weighted by Gasteiger charge is -2.18. The van der Waals surface area contributed by atoms with Gasteiger partial charge in [-0.3, -0.25) is 14.4 Å². The molecule has 62 heavy (non-hydrogen) atoms. The van der Waals surface area contributed by atoms with E-state index in [-0.39, 0.29) is 31.1 Å². The number of rotatable bonds is 48. The van der Waals surface area contributed by atoms with Gasteiger partial charge in [0, 0.05) is 19.3 Å². The lowest BCUT2D eigenvalue weighted by Crippen LogP contribution is -2.30. The van der Waals surface area contributed by atoms with Gasteiger partial charge in [0.05, 0.1) is 0 Å². The number of esters is 3. The Morgan fingerprint density at radius 1 is 0.323 bits per heavy atom. The van der Waals surface area contributed by atoms with E-state index in [2.05, 4.69) is 69.4 Å². The molecule has 0 aliphatic rings. The molecule has 0 rings (SSSR count). The van der Waals surface area contributed by atoms with Gasteiger partial charge in [-0.2, -0.15) is 0 Å². The minimum Gasteiger partial charge on any atom is -0.462 e. The van der Waals surface area contributed by atoms with E-state index in [4.69, 9.17) is 14.2 Å². The zero-order valence-electron chi connectivity index (χ0n) is 41.1. The summed E-state index contributed by atoms with van der Waals surface area (Å²) in [7, 11) is 0. The molecule has 0 saturated carbocycles. The third kappa shape index (κ3) is 48.4. The highest BCUT2D eigenvalue weighted by molar-refractivity contribution is 5.71. The topological polar surface area (TPSA) is 78.9 Å². The van der Waals surface area contributed by atoms with Crippen LogP contribution in [0.25, 0.3) is 0 Å². The molecule has 0 aromatic heterocycles. The van der Waals surface area contributed by atoms with Crippen molar-refractivity contribution in [2.24, 2.45) is 0 Å². The number of hydrogen-bond donors (Lipinski definition) is 0. The van der Waals surface area contributed by atoms with Gasteiger partial charge in [0.15, 0.2) is 6.10 Å². The molecule has 0 amide bonds. The highest BCUT2D eigenvalue weighted by Crippen LogP contribution is 2.14. The summed E-state index contributed by atoms with van der Waals surface area (Å²) < 4.78 is 16.8. The van der Waals surface area contributed by atoms with Crippen molar-refractivity contribution in [3.8, 4) is 0 Å². The van der Waals surface area contributed by atoms with E-state index in [1.807, 2.05) is 0 Å². The SMILES string of the molecule is CCCCCC=CCC=CCCCCCCCC(=O)OCC(COC(=O)CCCCCCCC=CCCCCCCC)OC(=O)CCCCCCCC=CCCCCCCCC. The molecule has 0 spiro atoms. The summed E-state index contributed by atoms with van der Waals surface area (Å²) in [5.74, 6) is -0.907. The van der Waals surface area contributed by atoms with Crippen LogP contribution in [0.3, 0.4) is 0 Å². The lowest BCUT2D eigenvalue weighted by atomic mass is 10.1. The van der Waals surface area contributed by atoms with Crippen LogP contribution in [-0.2, 0) is 28.6 Å². The molecule has 0 aromatic rings. The van der Waals surface area contributed by atoms with E-state index in [1.165, 1.54) is 135 Å². The average molecular weight is 869 g/mol. The van der Waals surface area contributed by atoms with Gasteiger partial charge in [0.1, 0.15) is 13.2 Å². The molecule has 0 saturated heterocycles. The van der Waals surface area contributed by atoms with Gasteiger partial charge in [-0.15, -0.1) is 0 Å². The minimum atomic E-state index is -0.785. The maximum absolute atomic E-state index is 12.8. The van der Waals surface area contributed by atoms with E-state index >= 15 is 0 Å². The first kappa shape index (κ1) is 59.4. The van der Waals surface area contributed by atoms with Gasteiger partial charge in [-0.05, 0) is 103 Å². The second-order valence-electron chi connectivity index (χ2n) is 17.8. The Labute approximate surface area is 384 Å². The quantitative estimate of drug-likeness (QED) is 0.0262. The van der Waals surface area contributed by atoms with Gasteiger partial charge in [0.25, 0.3) is 0 Å². The predicted molar refractivity (Wildman–Crippen MR) is 265 cm³/mol. The van der Waals surface area contributed by atoms with Crippen LogP contribution in [0.1, 0.15) is 271 Å². The average Bonchev–Trinajstić information content (AvgIpc) is 3.27. The van der Waals surface area contributed by atoms with Crippen molar-refractivity contribution < 1.29 is 28.6 Å². The van der Waals surface area contributed by atoms with Crippen LogP contribution in [0.5, 0.6) is 0 Å². The number of allylic oxidation sites excluding steroid dienone is 8. The van der Waals surface area contributed by atoms with E-state index in [0.29, 0.717) is 19.3 Å². The summed E-state index contributed by atoms with van der Waals surface area (Å²) in [4.78, 5) is 38.0. The molecule has 0 aliphatic heterocycles. The van der Waals surface area contributed by atoms with Gasteiger partial charge in [-0.1, -0.05) is 198 Å². The second kappa shape index (κ2) is 51.0. The van der Waals surface area contributed by atoms with Crippen molar-refractivity contribution in [2.45, 2.75) is 277 Å². The lowest BCUT2D eigenvalue weighted by molar-refractivity contribution is -0.167. The molecule has 360 valence electrons. The molecule has 0 heterocycles. The largest absolute Gasteiger partial charge is 0.462 e. The highest BCUT2D eigenvalue weighted by Gasteiger charge is 2.19. The monoisotopic (exact) mass is 869 g/mol. The highest BCUT2D eigenvalue weighted by atomic mass is 16.6. The van der Waals surface area contributed by atoms with Crippen LogP contribution < -0.4 is 0 Å². The normalized spacial score (nSPS) is 12.4. The molecule has 0 radical (unpaired) electrons. The van der Waals surface area contributed by atoms with E-state index in [9.17, 15) is 14.4 Å². The van der Waals surface area contributed by atoms with Crippen molar-refractivity contribution in [3.63, 3.8) is 0 Å². The molecule has 1 unspecified atom stereocenters. The maximum atomic E-state index is 12.8. The van der Waals surface area contributed by atoms with Crippen LogP contribution in [0.2, 0.25) is 0 Å². The van der Waals surface area contributed by atoms with Crippen LogP contribution in [0, 0.1) is 0 Å². The zero-order valence-corrected chi connectivity index (χ0v) is 41.1. The fourth-order valence-electron chi connectivity index (χ4n) is 7.46. The molecular weight excluding hydrogens is 769 g/mol. The first-order valence-electron chi connectivity index (χ1n) is 26.6. The standard InChI is InChI=1S/C56H100O6/c1-4-7-10-13-16-19-22-25-28-31-34-37-40-43-46-49-55(58)61-52-53(51-60-54(57)48-45-42-39-36-33-30-27-24-21-18-15-12-9-6-3)62-56(59)50-47-44-41-38-35-32-29-26-23-20-17-14-11-8-5-2/h16,19,24-29,53H,4-15,17-18,20-23,30-52H2,1-3H3. The Bertz CT molecular complexity index is 1090. The fraction of sp³-hybridized carbons (Fsp3) is 0.804. The smallest absolute Gasteiger partial charge is 0.306 e. The molecule has 0 N–H and O–H groups in total. The molecule has 0 bridgehead atoms. The second-order valence-corrected chi connectivity index (χ2v) is 17.8. The Kier molecular flexibility index (Phi) is 48.8. The Balaban J connectivity index is 4.42. The molecule has 0 aliphatic carbocycles. The Hall–Kier alpha value is -2.63. The van der Waals surface area contributed by atoms with Gasteiger partial charge < -0.3 is 14.2 Å². The van der Waals surface area contributed by atoms with Crippen molar-refractivity contribution in [2.75, 3.05) is 13.2 Å². The minimum absolute atomic E-state index is 0.0845. The first-order valence-corrected chi connectivity index (χ1v) is 26.6. The van der Waals surface area contributed by atoms with Crippen LogP contribution in [0.15, 0.2) is 48.6 Å². The Morgan fingerprint density at radius 2 is 0.581 bits per heavy atom. The summed E-state index contributed by atoms with van der Waals surface area (Å²) in [6.07, 6.45) is 60.9. The number of carbonyl (C=O) groups excluding carboxylic acids is 3. The number of hydrogen-bond acceptors (Lipinski definition) is 6. The third-order valence-corrected chi connectivity index (χ3v) is 11.5. The van der Waals surface area contributed by atoms with Gasteiger partial charge in [0.2, 0.25) is 0 Å². The van der Waals surface area contributed by atoms with E-state index in [0.717, 1.165) is 96.3 Å². The van der Waals surface area contributed by atoms with E-state index < -0.39 is 6.10 Å². The maximum Gasteiger partial charge on any atom is 0.306 e. The zero-order chi connectivity index (χ0) is 45.1. The molecule has 0 fully saturated rings. The van der Waals surface area contributed by atoms with Crippen molar-refractivity contribution >= 4 is 17.9 Å². The summed E-state index contributed by atoms with van der Waals surface area (Å²) in [5, 5.41) is 0. The van der Waals surface area contributed by atoms with Crippen molar-refractivity contribution in [1.29, 1.82) is 0 Å². The molecule has 6 nitrogen and oxygen atoms in total. The summed E-state index contributed by atoms with van der Waals surface area (Å²) >= 11 is 0. The summed E-state index contributed by atoms with van der Waals surface area (Å²) in [6, 6.07) is 0.